The van der Waals surface area contributed by atoms with Crippen LogP contribution in [0, 0.1) is 0 Å². The molecule has 1 aromatic heterocycles. The quantitative estimate of drug-likeness (QED) is 0.667. The number of benzene rings is 2. The van der Waals surface area contributed by atoms with Crippen LogP contribution < -0.4 is 20.5 Å². The summed E-state index contributed by atoms with van der Waals surface area (Å²) in [5.74, 6) is 2.00. The third-order valence-corrected chi connectivity index (χ3v) is 3.84. The molecule has 0 aliphatic heterocycles. The van der Waals surface area contributed by atoms with Crippen LogP contribution in [0.5, 0.6) is 17.2 Å². The molecule has 0 radical (unpaired) electrons. The van der Waals surface area contributed by atoms with Crippen LogP contribution in [-0.4, -0.2) is 17.5 Å². The first-order valence-corrected chi connectivity index (χ1v) is 8.64. The number of anilines is 1. The maximum Gasteiger partial charge on any atom is 0.255 e. The lowest BCUT2D eigenvalue weighted by Gasteiger charge is -2.12. The summed E-state index contributed by atoms with van der Waals surface area (Å²) < 4.78 is 11.5. The number of aromatic nitrogens is 1. The zero-order valence-corrected chi connectivity index (χ0v) is 15.0. The first kappa shape index (κ1) is 18.3. The molecule has 1 amide bonds. The van der Waals surface area contributed by atoms with Gasteiger partial charge in [-0.1, -0.05) is 24.3 Å². The van der Waals surface area contributed by atoms with Gasteiger partial charge in [0.2, 0.25) is 0 Å². The van der Waals surface area contributed by atoms with Gasteiger partial charge in [0.25, 0.3) is 5.91 Å². The molecule has 0 aliphatic rings. The van der Waals surface area contributed by atoms with E-state index in [4.69, 9.17) is 15.2 Å². The molecule has 6 nitrogen and oxygen atoms in total. The highest BCUT2D eigenvalue weighted by molar-refractivity contribution is 5.98. The SMILES string of the molecule is CCOc1ccccc1Oc1ccc(CNC(=O)c2cccnc2N)cc1. The zero-order valence-electron chi connectivity index (χ0n) is 15.0. The van der Waals surface area contributed by atoms with Gasteiger partial charge in [-0.3, -0.25) is 4.79 Å². The second kappa shape index (κ2) is 8.71. The molecule has 138 valence electrons. The second-order valence-electron chi connectivity index (χ2n) is 5.74. The summed E-state index contributed by atoms with van der Waals surface area (Å²) in [5.41, 5.74) is 7.03. The average Bonchev–Trinajstić information content (AvgIpc) is 2.69. The number of rotatable bonds is 7. The van der Waals surface area contributed by atoms with Crippen LogP contribution in [0.4, 0.5) is 5.82 Å². The van der Waals surface area contributed by atoms with Crippen molar-refractivity contribution in [1.29, 1.82) is 0 Å². The van der Waals surface area contributed by atoms with Crippen LogP contribution in [0.1, 0.15) is 22.8 Å². The number of nitrogens with one attached hydrogen (secondary N) is 1. The van der Waals surface area contributed by atoms with Gasteiger partial charge in [-0.25, -0.2) is 4.98 Å². The van der Waals surface area contributed by atoms with Crippen LogP contribution in [0.15, 0.2) is 66.9 Å². The van der Waals surface area contributed by atoms with Crippen molar-refractivity contribution in [3.05, 3.63) is 78.0 Å². The Morgan fingerprint density at radius 2 is 1.78 bits per heavy atom. The molecule has 0 bridgehead atoms. The van der Waals surface area contributed by atoms with E-state index in [1.165, 1.54) is 0 Å². The number of pyridine rings is 1. The van der Waals surface area contributed by atoms with Crippen LogP contribution >= 0.6 is 0 Å². The number of amides is 1. The van der Waals surface area contributed by atoms with Gasteiger partial charge in [0.05, 0.1) is 12.2 Å². The highest BCUT2D eigenvalue weighted by atomic mass is 16.5. The molecular formula is C21H21N3O3. The molecule has 2 aromatic carbocycles. The zero-order chi connectivity index (χ0) is 19.1. The van der Waals surface area contributed by atoms with Gasteiger partial charge in [0.15, 0.2) is 11.5 Å². The summed E-state index contributed by atoms with van der Waals surface area (Å²) >= 11 is 0. The minimum absolute atomic E-state index is 0.215. The largest absolute Gasteiger partial charge is 0.490 e. The third-order valence-electron chi connectivity index (χ3n) is 3.84. The summed E-state index contributed by atoms with van der Waals surface area (Å²) in [6.45, 7) is 2.88. The Hall–Kier alpha value is -3.54. The van der Waals surface area contributed by atoms with Gasteiger partial charge in [-0.2, -0.15) is 0 Å². The molecule has 0 saturated carbocycles. The average molecular weight is 363 g/mol. The molecule has 0 aliphatic carbocycles. The number of para-hydroxylation sites is 2. The van der Waals surface area contributed by atoms with Crippen molar-refractivity contribution in [2.45, 2.75) is 13.5 Å². The Labute approximate surface area is 158 Å². The molecule has 1 heterocycles. The van der Waals surface area contributed by atoms with E-state index in [9.17, 15) is 4.79 Å². The number of nitrogen functional groups attached to an aromatic ring is 1. The van der Waals surface area contributed by atoms with Gasteiger partial charge in [0.1, 0.15) is 11.6 Å². The fraction of sp³-hybridized carbons (Fsp3) is 0.143. The molecule has 0 spiro atoms. The Kier molecular flexibility index (Phi) is 5.89. The minimum atomic E-state index is -0.258. The van der Waals surface area contributed by atoms with Gasteiger partial charge in [0, 0.05) is 12.7 Å². The van der Waals surface area contributed by atoms with E-state index in [0.717, 1.165) is 5.56 Å². The number of hydrogen-bond acceptors (Lipinski definition) is 5. The van der Waals surface area contributed by atoms with Gasteiger partial charge < -0.3 is 20.5 Å². The number of carbonyl (C=O) groups is 1. The molecule has 3 aromatic rings. The lowest BCUT2D eigenvalue weighted by molar-refractivity contribution is 0.0951. The first-order valence-electron chi connectivity index (χ1n) is 8.64. The monoisotopic (exact) mass is 363 g/mol. The second-order valence-corrected chi connectivity index (χ2v) is 5.74. The number of nitrogens with two attached hydrogens (primary N) is 1. The lowest BCUT2D eigenvalue weighted by atomic mass is 10.2. The number of hydrogen-bond donors (Lipinski definition) is 2. The summed E-state index contributed by atoms with van der Waals surface area (Å²) in [6.07, 6.45) is 1.55. The standard InChI is InChI=1S/C21H21N3O3/c1-2-26-18-7-3-4-8-19(18)27-16-11-9-15(10-12-16)14-24-21(25)17-6-5-13-23-20(17)22/h3-13H,2,14H2,1H3,(H2,22,23)(H,24,25). The third kappa shape index (κ3) is 4.76. The molecule has 3 N–H and O–H groups in total. The van der Waals surface area contributed by atoms with E-state index in [-0.39, 0.29) is 11.7 Å². The fourth-order valence-electron chi connectivity index (χ4n) is 2.50. The van der Waals surface area contributed by atoms with Crippen molar-refractivity contribution >= 4 is 11.7 Å². The molecule has 0 fully saturated rings. The van der Waals surface area contributed by atoms with Crippen molar-refractivity contribution in [3.8, 4) is 17.2 Å². The molecule has 0 unspecified atom stereocenters. The Morgan fingerprint density at radius 1 is 1.04 bits per heavy atom. The van der Waals surface area contributed by atoms with Crippen molar-refractivity contribution in [2.24, 2.45) is 0 Å². The van der Waals surface area contributed by atoms with Crippen molar-refractivity contribution < 1.29 is 14.3 Å². The van der Waals surface area contributed by atoms with Crippen LogP contribution in [0.25, 0.3) is 0 Å². The van der Waals surface area contributed by atoms with Crippen LogP contribution in [0.2, 0.25) is 0 Å². The maximum atomic E-state index is 12.2. The predicted octanol–water partition coefficient (Wildman–Crippen LogP) is 3.78. The molecule has 0 atom stereocenters. The normalized spacial score (nSPS) is 10.3. The molecule has 27 heavy (non-hydrogen) atoms. The topological polar surface area (TPSA) is 86.5 Å². The van der Waals surface area contributed by atoms with E-state index in [1.54, 1.807) is 18.3 Å². The minimum Gasteiger partial charge on any atom is -0.490 e. The van der Waals surface area contributed by atoms with Gasteiger partial charge >= 0.3 is 0 Å². The predicted molar refractivity (Wildman–Crippen MR) is 104 cm³/mol. The van der Waals surface area contributed by atoms with Crippen molar-refractivity contribution in [3.63, 3.8) is 0 Å². The van der Waals surface area contributed by atoms with Gasteiger partial charge in [-0.05, 0) is 48.9 Å². The summed E-state index contributed by atoms with van der Waals surface area (Å²) in [6, 6.07) is 18.3. The van der Waals surface area contributed by atoms with E-state index in [2.05, 4.69) is 10.3 Å². The number of carbonyl (C=O) groups excluding carboxylic acids is 1. The smallest absolute Gasteiger partial charge is 0.255 e. The number of nitrogens with zero attached hydrogens (tertiary/aromatic N) is 1. The van der Waals surface area contributed by atoms with E-state index in [1.807, 2.05) is 55.5 Å². The van der Waals surface area contributed by atoms with Crippen LogP contribution in [0.3, 0.4) is 0 Å². The molecular weight excluding hydrogens is 342 g/mol. The van der Waals surface area contributed by atoms with E-state index in [0.29, 0.717) is 36.0 Å². The number of ether oxygens (including phenoxy) is 2. The summed E-state index contributed by atoms with van der Waals surface area (Å²) in [5, 5.41) is 2.83. The van der Waals surface area contributed by atoms with Crippen molar-refractivity contribution in [2.75, 3.05) is 12.3 Å². The molecule has 6 heteroatoms. The fourth-order valence-corrected chi connectivity index (χ4v) is 2.50. The molecule has 0 saturated heterocycles. The highest BCUT2D eigenvalue weighted by Gasteiger charge is 2.10. The van der Waals surface area contributed by atoms with Crippen LogP contribution in [-0.2, 0) is 6.54 Å². The van der Waals surface area contributed by atoms with Crippen molar-refractivity contribution in [1.82, 2.24) is 10.3 Å². The van der Waals surface area contributed by atoms with E-state index >= 15 is 0 Å². The lowest BCUT2D eigenvalue weighted by Crippen LogP contribution is -2.24. The molecule has 3 rings (SSSR count). The maximum absolute atomic E-state index is 12.2. The Balaban J connectivity index is 1.61. The summed E-state index contributed by atoms with van der Waals surface area (Å²) in [4.78, 5) is 16.1. The summed E-state index contributed by atoms with van der Waals surface area (Å²) in [7, 11) is 0. The van der Waals surface area contributed by atoms with E-state index < -0.39 is 0 Å². The highest BCUT2D eigenvalue weighted by Crippen LogP contribution is 2.31. The Morgan fingerprint density at radius 3 is 2.48 bits per heavy atom. The van der Waals surface area contributed by atoms with Gasteiger partial charge in [-0.15, -0.1) is 0 Å². The first-order chi connectivity index (χ1) is 13.2. The Bertz CT molecular complexity index is 911.